The zero-order valence-corrected chi connectivity index (χ0v) is 11.1. The minimum atomic E-state index is -0.0586. The Kier molecular flexibility index (Phi) is 4.13. The molecular formula is C15H17N3O. The molecule has 2 N–H and O–H groups in total. The van der Waals surface area contributed by atoms with Gasteiger partial charge in [0.2, 0.25) is 5.91 Å². The fourth-order valence-corrected chi connectivity index (χ4v) is 1.76. The molecule has 0 bridgehead atoms. The Labute approximate surface area is 112 Å². The van der Waals surface area contributed by atoms with Gasteiger partial charge < -0.3 is 10.6 Å². The molecule has 19 heavy (non-hydrogen) atoms. The standard InChI is InChI=1S/C15H17N3O/c1-11-7-15(10-16-8-11)17-9-13-3-5-14(6-4-13)18-12(2)19/h3-8,10,17H,9H2,1-2H3,(H,18,19). The quantitative estimate of drug-likeness (QED) is 0.883. The second-order valence-electron chi connectivity index (χ2n) is 4.48. The summed E-state index contributed by atoms with van der Waals surface area (Å²) in [4.78, 5) is 15.0. The van der Waals surface area contributed by atoms with Crippen molar-refractivity contribution >= 4 is 17.3 Å². The van der Waals surface area contributed by atoms with Crippen LogP contribution in [0.25, 0.3) is 0 Å². The van der Waals surface area contributed by atoms with Gasteiger partial charge in [-0.3, -0.25) is 9.78 Å². The van der Waals surface area contributed by atoms with Gasteiger partial charge in [0.25, 0.3) is 0 Å². The summed E-state index contributed by atoms with van der Waals surface area (Å²) in [5, 5.41) is 6.06. The number of carbonyl (C=O) groups excluding carboxylic acids is 1. The third kappa shape index (κ3) is 4.10. The van der Waals surface area contributed by atoms with Crippen LogP contribution in [-0.4, -0.2) is 10.9 Å². The second kappa shape index (κ2) is 6.00. The number of rotatable bonds is 4. The minimum absolute atomic E-state index is 0.0586. The number of nitrogens with zero attached hydrogens (tertiary/aromatic N) is 1. The molecule has 0 fully saturated rings. The monoisotopic (exact) mass is 255 g/mol. The lowest BCUT2D eigenvalue weighted by atomic mass is 10.2. The number of anilines is 2. The van der Waals surface area contributed by atoms with Crippen LogP contribution in [-0.2, 0) is 11.3 Å². The Morgan fingerprint density at radius 2 is 1.89 bits per heavy atom. The molecule has 98 valence electrons. The van der Waals surface area contributed by atoms with Crippen molar-refractivity contribution in [3.8, 4) is 0 Å². The lowest BCUT2D eigenvalue weighted by molar-refractivity contribution is -0.114. The Morgan fingerprint density at radius 1 is 1.16 bits per heavy atom. The number of aromatic nitrogens is 1. The summed E-state index contributed by atoms with van der Waals surface area (Å²) in [5.74, 6) is -0.0586. The Balaban J connectivity index is 1.94. The predicted molar refractivity (Wildman–Crippen MR) is 77.0 cm³/mol. The van der Waals surface area contributed by atoms with Gasteiger partial charge >= 0.3 is 0 Å². The van der Waals surface area contributed by atoms with E-state index in [1.165, 1.54) is 6.92 Å². The van der Waals surface area contributed by atoms with Gasteiger partial charge in [-0.05, 0) is 36.2 Å². The molecule has 1 aromatic carbocycles. The van der Waals surface area contributed by atoms with Crippen molar-refractivity contribution in [2.45, 2.75) is 20.4 Å². The first-order valence-electron chi connectivity index (χ1n) is 6.15. The molecule has 4 heteroatoms. The number of aryl methyl sites for hydroxylation is 1. The van der Waals surface area contributed by atoms with Crippen LogP contribution in [0.3, 0.4) is 0 Å². The highest BCUT2D eigenvalue weighted by atomic mass is 16.1. The number of benzene rings is 1. The summed E-state index contributed by atoms with van der Waals surface area (Å²) in [5.41, 5.74) is 4.10. The Hall–Kier alpha value is -2.36. The summed E-state index contributed by atoms with van der Waals surface area (Å²) in [6.07, 6.45) is 3.63. The largest absolute Gasteiger partial charge is 0.380 e. The van der Waals surface area contributed by atoms with E-state index in [-0.39, 0.29) is 5.91 Å². The molecule has 0 spiro atoms. The molecule has 0 saturated carbocycles. The van der Waals surface area contributed by atoms with Crippen LogP contribution in [0.5, 0.6) is 0 Å². The number of carbonyl (C=O) groups is 1. The molecule has 0 aliphatic rings. The van der Waals surface area contributed by atoms with Crippen LogP contribution in [0.1, 0.15) is 18.1 Å². The number of nitrogens with one attached hydrogen (secondary N) is 2. The van der Waals surface area contributed by atoms with Crippen LogP contribution < -0.4 is 10.6 Å². The van der Waals surface area contributed by atoms with Gasteiger partial charge in [-0.15, -0.1) is 0 Å². The molecule has 0 aliphatic heterocycles. The molecule has 0 radical (unpaired) electrons. The summed E-state index contributed by atoms with van der Waals surface area (Å²) in [6, 6.07) is 9.82. The molecule has 1 heterocycles. The van der Waals surface area contributed by atoms with Gasteiger partial charge in [0.1, 0.15) is 0 Å². The number of amides is 1. The summed E-state index contributed by atoms with van der Waals surface area (Å²) < 4.78 is 0. The first-order valence-corrected chi connectivity index (χ1v) is 6.15. The Morgan fingerprint density at radius 3 is 2.53 bits per heavy atom. The maximum atomic E-state index is 10.9. The molecule has 2 aromatic rings. The highest BCUT2D eigenvalue weighted by Gasteiger charge is 1.97. The van der Waals surface area contributed by atoms with Gasteiger partial charge in [0.15, 0.2) is 0 Å². The summed E-state index contributed by atoms with van der Waals surface area (Å²) in [7, 11) is 0. The summed E-state index contributed by atoms with van der Waals surface area (Å²) in [6.45, 7) is 4.24. The van der Waals surface area contributed by atoms with Crippen LogP contribution in [0.4, 0.5) is 11.4 Å². The molecule has 0 saturated heterocycles. The van der Waals surface area contributed by atoms with Gasteiger partial charge in [0, 0.05) is 31.5 Å². The van der Waals surface area contributed by atoms with E-state index >= 15 is 0 Å². The van der Waals surface area contributed by atoms with Crippen LogP contribution >= 0.6 is 0 Å². The van der Waals surface area contributed by atoms with Gasteiger partial charge in [-0.25, -0.2) is 0 Å². The molecule has 1 aromatic heterocycles. The van der Waals surface area contributed by atoms with E-state index in [0.717, 1.165) is 29.0 Å². The number of hydrogen-bond acceptors (Lipinski definition) is 3. The third-order valence-corrected chi connectivity index (χ3v) is 2.65. The average molecular weight is 255 g/mol. The smallest absolute Gasteiger partial charge is 0.221 e. The molecular weight excluding hydrogens is 238 g/mol. The first kappa shape index (κ1) is 13.1. The third-order valence-electron chi connectivity index (χ3n) is 2.65. The topological polar surface area (TPSA) is 54.0 Å². The van der Waals surface area contributed by atoms with Gasteiger partial charge in [-0.2, -0.15) is 0 Å². The van der Waals surface area contributed by atoms with E-state index in [0.29, 0.717) is 0 Å². The molecule has 0 aliphatic carbocycles. The van der Waals surface area contributed by atoms with E-state index in [1.807, 2.05) is 37.4 Å². The predicted octanol–water partition coefficient (Wildman–Crippen LogP) is 2.96. The summed E-state index contributed by atoms with van der Waals surface area (Å²) >= 11 is 0. The van der Waals surface area contributed by atoms with E-state index in [9.17, 15) is 4.79 Å². The van der Waals surface area contributed by atoms with Crippen molar-refractivity contribution in [3.63, 3.8) is 0 Å². The molecule has 1 amide bonds. The number of pyridine rings is 1. The zero-order chi connectivity index (χ0) is 13.7. The maximum Gasteiger partial charge on any atom is 0.221 e. The average Bonchev–Trinajstić information content (AvgIpc) is 2.37. The van der Waals surface area contributed by atoms with Crippen LogP contribution in [0.2, 0.25) is 0 Å². The lowest BCUT2D eigenvalue weighted by Crippen LogP contribution is -2.06. The van der Waals surface area contributed by atoms with Crippen LogP contribution in [0.15, 0.2) is 42.7 Å². The number of hydrogen-bond donors (Lipinski definition) is 2. The van der Waals surface area contributed by atoms with E-state index in [1.54, 1.807) is 6.20 Å². The van der Waals surface area contributed by atoms with Crippen molar-refractivity contribution in [1.29, 1.82) is 0 Å². The lowest BCUT2D eigenvalue weighted by Gasteiger charge is -2.08. The maximum absolute atomic E-state index is 10.9. The van der Waals surface area contributed by atoms with Crippen molar-refractivity contribution < 1.29 is 4.79 Å². The highest BCUT2D eigenvalue weighted by molar-refractivity contribution is 5.88. The van der Waals surface area contributed by atoms with Crippen molar-refractivity contribution in [2.75, 3.05) is 10.6 Å². The van der Waals surface area contributed by atoms with Crippen LogP contribution in [0, 0.1) is 6.92 Å². The minimum Gasteiger partial charge on any atom is -0.380 e. The fraction of sp³-hybridized carbons (Fsp3) is 0.200. The van der Waals surface area contributed by atoms with Gasteiger partial charge in [-0.1, -0.05) is 12.1 Å². The van der Waals surface area contributed by atoms with E-state index < -0.39 is 0 Å². The fourth-order valence-electron chi connectivity index (χ4n) is 1.76. The van der Waals surface area contributed by atoms with E-state index in [4.69, 9.17) is 0 Å². The molecule has 2 rings (SSSR count). The molecule has 0 atom stereocenters. The van der Waals surface area contributed by atoms with E-state index in [2.05, 4.69) is 21.7 Å². The molecule has 4 nitrogen and oxygen atoms in total. The first-order chi connectivity index (χ1) is 9.13. The normalized spacial score (nSPS) is 10.0. The molecule has 0 unspecified atom stereocenters. The highest BCUT2D eigenvalue weighted by Crippen LogP contribution is 2.12. The second-order valence-corrected chi connectivity index (χ2v) is 4.48. The van der Waals surface area contributed by atoms with Gasteiger partial charge in [0.05, 0.1) is 5.69 Å². The zero-order valence-electron chi connectivity index (χ0n) is 11.1. The Bertz CT molecular complexity index is 564. The van der Waals surface area contributed by atoms with Crippen molar-refractivity contribution in [2.24, 2.45) is 0 Å². The SMILES string of the molecule is CC(=O)Nc1ccc(CNc2cncc(C)c2)cc1. The van der Waals surface area contributed by atoms with Crippen molar-refractivity contribution in [3.05, 3.63) is 53.9 Å². The van der Waals surface area contributed by atoms with Crippen molar-refractivity contribution in [1.82, 2.24) is 4.98 Å².